The number of nitrogens with one attached hydrogen (secondary N) is 2. The fourth-order valence-electron chi connectivity index (χ4n) is 4.85. The Bertz CT molecular complexity index is 1000. The minimum absolute atomic E-state index is 0.0990. The van der Waals surface area contributed by atoms with E-state index in [1.807, 2.05) is 6.07 Å². The predicted molar refractivity (Wildman–Crippen MR) is 139 cm³/mol. The van der Waals surface area contributed by atoms with E-state index in [1.54, 1.807) is 12.1 Å². The predicted octanol–water partition coefficient (Wildman–Crippen LogP) is 4.17. The van der Waals surface area contributed by atoms with Crippen LogP contribution in [0.15, 0.2) is 42.5 Å². The first kappa shape index (κ1) is 25.5. The van der Waals surface area contributed by atoms with E-state index in [2.05, 4.69) is 44.7 Å². The summed E-state index contributed by atoms with van der Waals surface area (Å²) in [5, 5.41) is 6.33. The molecule has 0 spiro atoms. The van der Waals surface area contributed by atoms with E-state index >= 15 is 0 Å². The third-order valence-electron chi connectivity index (χ3n) is 6.80. The fraction of sp³-hybridized carbons (Fsp3) is 0.481. The number of benzene rings is 2. The van der Waals surface area contributed by atoms with Crippen molar-refractivity contribution in [3.05, 3.63) is 58.6 Å². The second-order valence-electron chi connectivity index (χ2n) is 9.43. The number of hydrogen-bond donors (Lipinski definition) is 2. The van der Waals surface area contributed by atoms with Gasteiger partial charge in [-0.1, -0.05) is 48.4 Å². The van der Waals surface area contributed by atoms with Crippen LogP contribution in [0.2, 0.25) is 5.02 Å². The quantitative estimate of drug-likeness (QED) is 0.571. The minimum Gasteiger partial charge on any atom is -0.496 e. The Morgan fingerprint density at radius 1 is 1.00 bits per heavy atom. The normalized spacial score (nSPS) is 17.7. The van der Waals surface area contributed by atoms with Gasteiger partial charge in [-0.2, -0.15) is 0 Å². The molecular formula is C27H35ClN4O3. The van der Waals surface area contributed by atoms with Gasteiger partial charge in [-0.25, -0.2) is 0 Å². The third-order valence-corrected chi connectivity index (χ3v) is 7.11. The van der Waals surface area contributed by atoms with Crippen LogP contribution in [-0.2, 0) is 11.3 Å². The zero-order valence-electron chi connectivity index (χ0n) is 20.4. The van der Waals surface area contributed by atoms with Crippen LogP contribution in [0.4, 0.5) is 5.69 Å². The Hall–Kier alpha value is -2.61. The molecule has 8 heteroatoms. The summed E-state index contributed by atoms with van der Waals surface area (Å²) in [6.45, 7) is 5.00. The van der Waals surface area contributed by atoms with Gasteiger partial charge in [0, 0.05) is 31.7 Å². The van der Waals surface area contributed by atoms with Crippen molar-refractivity contribution in [3.63, 3.8) is 0 Å². The molecule has 2 fully saturated rings. The van der Waals surface area contributed by atoms with E-state index in [-0.39, 0.29) is 17.9 Å². The average molecular weight is 499 g/mol. The van der Waals surface area contributed by atoms with Gasteiger partial charge in [-0.05, 0) is 50.4 Å². The van der Waals surface area contributed by atoms with Crippen molar-refractivity contribution in [3.8, 4) is 5.75 Å². The number of nitrogens with zero attached hydrogens (tertiary/aromatic N) is 2. The molecule has 2 aromatic rings. The van der Waals surface area contributed by atoms with E-state index in [1.165, 1.54) is 19.1 Å². The lowest BCUT2D eigenvalue weighted by atomic mass is 10.0. The Morgan fingerprint density at radius 3 is 2.40 bits per heavy atom. The van der Waals surface area contributed by atoms with E-state index < -0.39 is 0 Å². The molecule has 2 heterocycles. The summed E-state index contributed by atoms with van der Waals surface area (Å²) in [6, 6.07) is 13.8. The molecule has 2 N–H and O–H groups in total. The summed E-state index contributed by atoms with van der Waals surface area (Å²) < 4.78 is 5.48. The monoisotopic (exact) mass is 498 g/mol. The highest BCUT2D eigenvalue weighted by atomic mass is 35.5. The maximum atomic E-state index is 13.1. The Labute approximate surface area is 212 Å². The topological polar surface area (TPSA) is 73.9 Å². The number of carbonyl (C=O) groups excluding carboxylic acids is 2. The van der Waals surface area contributed by atoms with Crippen LogP contribution in [0, 0.1) is 0 Å². The molecule has 0 unspecified atom stereocenters. The van der Waals surface area contributed by atoms with E-state index in [4.69, 9.17) is 16.3 Å². The standard InChI is InChI=1S/C27H35ClN4O3/c1-35-25-17-24(30-26(33)19-31-12-6-3-7-13-31)23(28)16-22(25)27(34)29-21-10-14-32(15-11-21)18-20-8-4-2-5-9-20/h2,4-5,8-9,16-17,21H,3,6-7,10-15,18-19H2,1H3,(H,29,34)(H,30,33). The van der Waals surface area contributed by atoms with E-state index in [0.29, 0.717) is 28.6 Å². The van der Waals surface area contributed by atoms with Crippen molar-refractivity contribution in [2.45, 2.75) is 44.7 Å². The minimum atomic E-state index is -0.212. The number of likely N-dealkylation sites (tertiary alicyclic amines) is 2. The molecule has 0 radical (unpaired) electrons. The highest BCUT2D eigenvalue weighted by molar-refractivity contribution is 6.34. The maximum absolute atomic E-state index is 13.1. The number of hydrogen-bond acceptors (Lipinski definition) is 5. The molecule has 188 valence electrons. The summed E-state index contributed by atoms with van der Waals surface area (Å²) >= 11 is 6.46. The van der Waals surface area contributed by atoms with Gasteiger partial charge in [0.1, 0.15) is 5.75 Å². The van der Waals surface area contributed by atoms with E-state index in [0.717, 1.165) is 58.4 Å². The van der Waals surface area contributed by atoms with Crippen molar-refractivity contribution >= 4 is 29.1 Å². The molecule has 0 bridgehead atoms. The fourth-order valence-corrected chi connectivity index (χ4v) is 5.06. The van der Waals surface area contributed by atoms with Crippen LogP contribution in [-0.4, -0.2) is 67.5 Å². The average Bonchev–Trinajstić information content (AvgIpc) is 2.87. The molecule has 2 aliphatic heterocycles. The molecule has 2 saturated heterocycles. The zero-order chi connectivity index (χ0) is 24.6. The molecule has 4 rings (SSSR count). The number of carbonyl (C=O) groups is 2. The van der Waals surface area contributed by atoms with Crippen LogP contribution in [0.25, 0.3) is 0 Å². The van der Waals surface area contributed by atoms with Crippen LogP contribution >= 0.6 is 11.6 Å². The first-order chi connectivity index (χ1) is 17.0. The molecule has 35 heavy (non-hydrogen) atoms. The maximum Gasteiger partial charge on any atom is 0.255 e. The van der Waals surface area contributed by atoms with Crippen LogP contribution in [0.3, 0.4) is 0 Å². The van der Waals surface area contributed by atoms with Gasteiger partial charge >= 0.3 is 0 Å². The molecule has 0 aromatic heterocycles. The number of piperidine rings is 2. The molecular weight excluding hydrogens is 464 g/mol. The summed E-state index contributed by atoms with van der Waals surface area (Å²) in [5.41, 5.74) is 2.13. The summed E-state index contributed by atoms with van der Waals surface area (Å²) in [6.07, 6.45) is 5.24. The second-order valence-corrected chi connectivity index (χ2v) is 9.83. The lowest BCUT2D eigenvalue weighted by Crippen LogP contribution is -2.44. The summed E-state index contributed by atoms with van der Waals surface area (Å²) in [4.78, 5) is 30.1. The van der Waals surface area contributed by atoms with Gasteiger partial charge in [0.15, 0.2) is 0 Å². The van der Waals surface area contributed by atoms with Crippen molar-refractivity contribution in [2.75, 3.05) is 45.2 Å². The second kappa shape index (κ2) is 12.4. The first-order valence-corrected chi connectivity index (χ1v) is 12.9. The molecule has 0 atom stereocenters. The lowest BCUT2D eigenvalue weighted by molar-refractivity contribution is -0.117. The van der Waals surface area contributed by atoms with Crippen molar-refractivity contribution in [1.82, 2.24) is 15.1 Å². The Kier molecular flexibility index (Phi) is 9.01. The summed E-state index contributed by atoms with van der Waals surface area (Å²) in [7, 11) is 1.52. The van der Waals surface area contributed by atoms with Crippen LogP contribution in [0.5, 0.6) is 5.75 Å². The molecule has 2 amide bonds. The van der Waals surface area contributed by atoms with Crippen LogP contribution in [0.1, 0.15) is 48.0 Å². The van der Waals surface area contributed by atoms with Crippen LogP contribution < -0.4 is 15.4 Å². The third kappa shape index (κ3) is 7.19. The van der Waals surface area contributed by atoms with Gasteiger partial charge in [0.05, 0.1) is 29.9 Å². The SMILES string of the molecule is COc1cc(NC(=O)CN2CCCCC2)c(Cl)cc1C(=O)NC1CCN(Cc2ccccc2)CC1. The largest absolute Gasteiger partial charge is 0.496 e. The highest BCUT2D eigenvalue weighted by Gasteiger charge is 2.24. The van der Waals surface area contributed by atoms with Gasteiger partial charge in [0.2, 0.25) is 5.91 Å². The van der Waals surface area contributed by atoms with E-state index in [9.17, 15) is 9.59 Å². The van der Waals surface area contributed by atoms with Gasteiger partial charge in [0.25, 0.3) is 5.91 Å². The lowest BCUT2D eigenvalue weighted by Gasteiger charge is -2.32. The molecule has 0 saturated carbocycles. The van der Waals surface area contributed by atoms with Crippen molar-refractivity contribution in [2.24, 2.45) is 0 Å². The smallest absolute Gasteiger partial charge is 0.255 e. The molecule has 0 aliphatic carbocycles. The Morgan fingerprint density at radius 2 is 1.71 bits per heavy atom. The number of methoxy groups -OCH3 is 1. The summed E-state index contributed by atoms with van der Waals surface area (Å²) in [5.74, 6) is 0.0634. The van der Waals surface area contributed by atoms with Crippen molar-refractivity contribution < 1.29 is 14.3 Å². The molecule has 2 aliphatic rings. The highest BCUT2D eigenvalue weighted by Crippen LogP contribution is 2.31. The van der Waals surface area contributed by atoms with Gasteiger partial charge in [-0.15, -0.1) is 0 Å². The Balaban J connectivity index is 1.32. The number of halogens is 1. The number of anilines is 1. The van der Waals surface area contributed by atoms with Crippen molar-refractivity contribution in [1.29, 1.82) is 0 Å². The molecule has 2 aromatic carbocycles. The molecule has 7 nitrogen and oxygen atoms in total. The number of rotatable bonds is 8. The van der Waals surface area contributed by atoms with Gasteiger partial charge < -0.3 is 15.4 Å². The number of ether oxygens (including phenoxy) is 1. The first-order valence-electron chi connectivity index (χ1n) is 12.5. The van der Waals surface area contributed by atoms with Gasteiger partial charge in [-0.3, -0.25) is 19.4 Å². The zero-order valence-corrected chi connectivity index (χ0v) is 21.2. The number of amides is 2.